The number of oxime groups is 1. The lowest BCUT2D eigenvalue weighted by atomic mass is 10.2. The summed E-state index contributed by atoms with van der Waals surface area (Å²) in [5.41, 5.74) is 6.38. The van der Waals surface area contributed by atoms with E-state index in [1.165, 1.54) is 12.1 Å². The molecule has 0 radical (unpaired) electrons. The third kappa shape index (κ3) is 3.00. The van der Waals surface area contributed by atoms with Crippen LogP contribution in [0.1, 0.15) is 11.1 Å². The normalized spacial score (nSPS) is 11.4. The zero-order chi connectivity index (χ0) is 14.7. The molecule has 0 fully saturated rings. The Bertz CT molecular complexity index is 674. The molecule has 6 heteroatoms. The Hall–Kier alpha value is -2.27. The van der Waals surface area contributed by atoms with Crippen molar-refractivity contribution in [1.82, 2.24) is 0 Å². The molecular formula is C14H12ClFN2O2. The van der Waals surface area contributed by atoms with Gasteiger partial charge in [0.1, 0.15) is 17.3 Å². The molecule has 0 aromatic heterocycles. The lowest BCUT2D eigenvalue weighted by Crippen LogP contribution is -2.13. The fraction of sp³-hybridized carbons (Fsp3) is 0.0714. The van der Waals surface area contributed by atoms with E-state index < -0.39 is 0 Å². The quantitative estimate of drug-likeness (QED) is 0.393. The van der Waals surface area contributed by atoms with Crippen LogP contribution in [0.5, 0.6) is 11.5 Å². The van der Waals surface area contributed by atoms with Gasteiger partial charge in [-0.3, -0.25) is 0 Å². The Morgan fingerprint density at radius 3 is 2.50 bits per heavy atom. The maximum atomic E-state index is 13.4. The number of hydrogen-bond acceptors (Lipinski definition) is 3. The molecule has 0 saturated carbocycles. The van der Waals surface area contributed by atoms with Crippen LogP contribution in [0.4, 0.5) is 4.39 Å². The lowest BCUT2D eigenvalue weighted by Gasteiger charge is -2.09. The van der Waals surface area contributed by atoms with Gasteiger partial charge in [-0.15, -0.1) is 0 Å². The summed E-state index contributed by atoms with van der Waals surface area (Å²) < 4.78 is 18.9. The minimum Gasteiger partial charge on any atom is -0.457 e. The van der Waals surface area contributed by atoms with Crippen molar-refractivity contribution < 1.29 is 14.3 Å². The SMILES string of the molecule is Cc1ccc(Oc2ccc(/C(N)=N/O)c(Cl)c2)cc1F. The summed E-state index contributed by atoms with van der Waals surface area (Å²) in [7, 11) is 0. The topological polar surface area (TPSA) is 67.8 Å². The molecule has 3 N–H and O–H groups in total. The molecule has 20 heavy (non-hydrogen) atoms. The standard InChI is InChI=1S/C14H12ClFN2O2/c1-8-2-3-10(7-13(8)16)20-9-4-5-11(12(15)6-9)14(17)18-19/h2-7,19H,1H3,(H2,17,18). The smallest absolute Gasteiger partial charge is 0.171 e. The number of ether oxygens (including phenoxy) is 1. The van der Waals surface area contributed by atoms with E-state index in [0.717, 1.165) is 0 Å². The number of benzene rings is 2. The maximum Gasteiger partial charge on any atom is 0.171 e. The van der Waals surface area contributed by atoms with Gasteiger partial charge in [-0.2, -0.15) is 0 Å². The number of halogens is 2. The zero-order valence-corrected chi connectivity index (χ0v) is 11.4. The van der Waals surface area contributed by atoms with E-state index in [0.29, 0.717) is 22.6 Å². The van der Waals surface area contributed by atoms with Crippen molar-refractivity contribution in [3.63, 3.8) is 0 Å². The summed E-state index contributed by atoms with van der Waals surface area (Å²) in [4.78, 5) is 0. The Morgan fingerprint density at radius 1 is 1.25 bits per heavy atom. The van der Waals surface area contributed by atoms with Gasteiger partial charge in [-0.25, -0.2) is 4.39 Å². The van der Waals surface area contributed by atoms with Gasteiger partial charge in [-0.05, 0) is 30.7 Å². The predicted octanol–water partition coefficient (Wildman–Crippen LogP) is 3.67. The van der Waals surface area contributed by atoms with E-state index in [2.05, 4.69) is 5.16 Å². The van der Waals surface area contributed by atoms with Gasteiger partial charge in [-0.1, -0.05) is 22.8 Å². The third-order valence-corrected chi connectivity index (χ3v) is 3.02. The van der Waals surface area contributed by atoms with Gasteiger partial charge in [0.25, 0.3) is 0 Å². The van der Waals surface area contributed by atoms with Crippen molar-refractivity contribution in [3.8, 4) is 11.5 Å². The van der Waals surface area contributed by atoms with Crippen LogP contribution < -0.4 is 10.5 Å². The van der Waals surface area contributed by atoms with Crippen LogP contribution in [0.15, 0.2) is 41.6 Å². The molecule has 104 valence electrons. The number of aryl methyl sites for hydroxylation is 1. The van der Waals surface area contributed by atoms with Crippen LogP contribution in [-0.4, -0.2) is 11.0 Å². The number of amidine groups is 1. The molecule has 0 amide bonds. The molecule has 2 rings (SSSR count). The largest absolute Gasteiger partial charge is 0.457 e. The summed E-state index contributed by atoms with van der Waals surface area (Å²) in [6.07, 6.45) is 0. The van der Waals surface area contributed by atoms with Crippen LogP contribution >= 0.6 is 11.6 Å². The first-order valence-electron chi connectivity index (χ1n) is 5.72. The fourth-order valence-electron chi connectivity index (χ4n) is 1.59. The molecule has 4 nitrogen and oxygen atoms in total. The monoisotopic (exact) mass is 294 g/mol. The number of nitrogens with two attached hydrogens (primary N) is 1. The number of nitrogens with zero attached hydrogens (tertiary/aromatic N) is 1. The molecule has 0 unspecified atom stereocenters. The highest BCUT2D eigenvalue weighted by molar-refractivity contribution is 6.34. The van der Waals surface area contributed by atoms with Crippen LogP contribution in [0, 0.1) is 12.7 Å². The van der Waals surface area contributed by atoms with Crippen LogP contribution in [0.2, 0.25) is 5.02 Å². The predicted molar refractivity (Wildman–Crippen MR) is 75.2 cm³/mol. The summed E-state index contributed by atoms with van der Waals surface area (Å²) in [5, 5.41) is 11.7. The second-order valence-electron chi connectivity index (χ2n) is 4.14. The van der Waals surface area contributed by atoms with Gasteiger partial charge in [0, 0.05) is 17.7 Å². The Kier molecular flexibility index (Phi) is 4.10. The highest BCUT2D eigenvalue weighted by Crippen LogP contribution is 2.27. The maximum absolute atomic E-state index is 13.4. The number of rotatable bonds is 3. The van der Waals surface area contributed by atoms with Crippen molar-refractivity contribution in [2.45, 2.75) is 6.92 Å². The van der Waals surface area contributed by atoms with Crippen molar-refractivity contribution >= 4 is 17.4 Å². The highest BCUT2D eigenvalue weighted by Gasteiger charge is 2.08. The Morgan fingerprint density at radius 2 is 1.90 bits per heavy atom. The van der Waals surface area contributed by atoms with E-state index in [1.54, 1.807) is 31.2 Å². The summed E-state index contributed by atoms with van der Waals surface area (Å²) in [6, 6.07) is 9.22. The third-order valence-electron chi connectivity index (χ3n) is 2.70. The fourth-order valence-corrected chi connectivity index (χ4v) is 1.86. The molecule has 0 aliphatic heterocycles. The van der Waals surface area contributed by atoms with Gasteiger partial charge in [0.05, 0.1) is 5.02 Å². The van der Waals surface area contributed by atoms with Gasteiger partial charge in [0.15, 0.2) is 5.84 Å². The average Bonchev–Trinajstić information content (AvgIpc) is 2.42. The molecule has 0 saturated heterocycles. The number of hydrogen-bond donors (Lipinski definition) is 2. The minimum absolute atomic E-state index is 0.0945. The van der Waals surface area contributed by atoms with E-state index >= 15 is 0 Å². The summed E-state index contributed by atoms with van der Waals surface area (Å²) in [5.74, 6) is 0.346. The molecule has 2 aromatic rings. The van der Waals surface area contributed by atoms with E-state index in [-0.39, 0.29) is 16.7 Å². The van der Waals surface area contributed by atoms with E-state index in [4.69, 9.17) is 27.3 Å². The van der Waals surface area contributed by atoms with E-state index in [1.807, 2.05) is 0 Å². The molecule has 2 aromatic carbocycles. The van der Waals surface area contributed by atoms with E-state index in [9.17, 15) is 4.39 Å². The molecular weight excluding hydrogens is 283 g/mol. The molecule has 0 spiro atoms. The summed E-state index contributed by atoms with van der Waals surface area (Å²) >= 11 is 6.00. The molecule has 0 aliphatic rings. The minimum atomic E-state index is -0.345. The molecule has 0 bridgehead atoms. The first-order valence-corrected chi connectivity index (χ1v) is 6.10. The second kappa shape index (κ2) is 5.79. The molecule has 0 heterocycles. The van der Waals surface area contributed by atoms with Crippen molar-refractivity contribution in [2.75, 3.05) is 0 Å². The van der Waals surface area contributed by atoms with Crippen LogP contribution in [-0.2, 0) is 0 Å². The molecule has 0 atom stereocenters. The van der Waals surface area contributed by atoms with Crippen LogP contribution in [0.25, 0.3) is 0 Å². The van der Waals surface area contributed by atoms with Crippen molar-refractivity contribution in [2.24, 2.45) is 10.9 Å². The first-order chi connectivity index (χ1) is 9.51. The van der Waals surface area contributed by atoms with Crippen LogP contribution in [0.3, 0.4) is 0 Å². The first kappa shape index (κ1) is 14.1. The van der Waals surface area contributed by atoms with Crippen molar-refractivity contribution in [3.05, 3.63) is 58.4 Å². The second-order valence-corrected chi connectivity index (χ2v) is 4.55. The highest BCUT2D eigenvalue weighted by atomic mass is 35.5. The van der Waals surface area contributed by atoms with Gasteiger partial charge < -0.3 is 15.7 Å². The zero-order valence-electron chi connectivity index (χ0n) is 10.6. The lowest BCUT2D eigenvalue weighted by molar-refractivity contribution is 0.318. The van der Waals surface area contributed by atoms with Crippen molar-refractivity contribution in [1.29, 1.82) is 0 Å². The Labute approximate surface area is 120 Å². The summed E-state index contributed by atoms with van der Waals surface area (Å²) in [6.45, 7) is 1.67. The molecule has 0 aliphatic carbocycles. The van der Waals surface area contributed by atoms with Gasteiger partial charge >= 0.3 is 0 Å². The van der Waals surface area contributed by atoms with Gasteiger partial charge in [0.2, 0.25) is 0 Å². The average molecular weight is 295 g/mol. The Balaban J connectivity index is 2.26.